The number of carbonyl (C=O) groups is 2. The van der Waals surface area contributed by atoms with Crippen LogP contribution < -0.4 is 5.63 Å². The van der Waals surface area contributed by atoms with Gasteiger partial charge >= 0.3 is 5.63 Å². The molecule has 0 fully saturated rings. The number of imide groups is 1. The molecular formula is C21H13Cl2NO4. The third kappa shape index (κ3) is 2.58. The zero-order valence-corrected chi connectivity index (χ0v) is 16.1. The number of hydrogen-bond donors (Lipinski definition) is 0. The Morgan fingerprint density at radius 1 is 0.857 bits per heavy atom. The molecule has 7 heteroatoms. The van der Waals surface area contributed by atoms with Crippen LogP contribution in [0, 0.1) is 0 Å². The number of amides is 2. The third-order valence-corrected chi connectivity index (χ3v) is 6.10. The summed E-state index contributed by atoms with van der Waals surface area (Å²) in [6.45, 7) is -0.0253. The Kier molecular flexibility index (Phi) is 3.86. The second-order valence-electron chi connectivity index (χ2n) is 7.07. The van der Waals surface area contributed by atoms with Gasteiger partial charge < -0.3 is 4.42 Å². The van der Waals surface area contributed by atoms with Crippen LogP contribution in [0.25, 0.3) is 11.0 Å². The number of rotatable bonds is 2. The first-order valence-electron chi connectivity index (χ1n) is 8.86. The Morgan fingerprint density at radius 2 is 1.46 bits per heavy atom. The summed E-state index contributed by atoms with van der Waals surface area (Å²) < 4.78 is 5.36. The minimum Gasteiger partial charge on any atom is -0.423 e. The van der Waals surface area contributed by atoms with Gasteiger partial charge in [-0.3, -0.25) is 14.5 Å². The van der Waals surface area contributed by atoms with Gasteiger partial charge in [-0.1, -0.05) is 23.2 Å². The van der Waals surface area contributed by atoms with Gasteiger partial charge in [0.25, 0.3) is 11.8 Å². The Hall–Kier alpha value is -2.63. The van der Waals surface area contributed by atoms with E-state index in [0.717, 1.165) is 29.5 Å². The zero-order chi connectivity index (χ0) is 19.6. The van der Waals surface area contributed by atoms with Crippen LogP contribution in [-0.4, -0.2) is 16.7 Å². The molecular weight excluding hydrogens is 401 g/mol. The standard InChI is InChI=1S/C21H13Cl2NO4/c22-16-7-14-15(8-17(16)23)21(27)24(20(14)26)9-12-6-19(25)28-18-5-11-3-1-2-10(11)4-13(12)18/h4-8H,1-3,9H2. The zero-order valence-electron chi connectivity index (χ0n) is 14.6. The van der Waals surface area contributed by atoms with E-state index in [-0.39, 0.29) is 27.7 Å². The van der Waals surface area contributed by atoms with Crippen LogP contribution in [0.3, 0.4) is 0 Å². The summed E-state index contributed by atoms with van der Waals surface area (Å²) in [5, 5.41) is 1.17. The molecule has 0 saturated carbocycles. The first kappa shape index (κ1) is 17.5. The minimum absolute atomic E-state index is 0.0253. The molecule has 3 aromatic rings. The fourth-order valence-electron chi connectivity index (χ4n) is 4.02. The Bertz CT molecular complexity index is 1220. The molecule has 5 nitrogen and oxygen atoms in total. The number of benzene rings is 2. The Balaban J connectivity index is 1.60. The molecule has 0 unspecified atom stereocenters. The number of nitrogens with zero attached hydrogens (tertiary/aromatic N) is 1. The van der Waals surface area contributed by atoms with Gasteiger partial charge in [0, 0.05) is 11.5 Å². The van der Waals surface area contributed by atoms with Crippen LogP contribution in [0.15, 0.2) is 39.5 Å². The van der Waals surface area contributed by atoms with E-state index >= 15 is 0 Å². The molecule has 2 amide bonds. The van der Waals surface area contributed by atoms with Gasteiger partial charge in [-0.2, -0.15) is 0 Å². The van der Waals surface area contributed by atoms with Crippen LogP contribution in [0.2, 0.25) is 10.0 Å². The first-order chi connectivity index (χ1) is 13.4. The van der Waals surface area contributed by atoms with Crippen molar-refractivity contribution in [2.75, 3.05) is 0 Å². The van der Waals surface area contributed by atoms with Gasteiger partial charge in [0.05, 0.1) is 27.7 Å². The lowest BCUT2D eigenvalue weighted by Crippen LogP contribution is -2.29. The predicted octanol–water partition coefficient (Wildman–Crippen LogP) is 4.38. The molecule has 140 valence electrons. The lowest BCUT2D eigenvalue weighted by atomic mass is 10.0. The van der Waals surface area contributed by atoms with Gasteiger partial charge in [0.15, 0.2) is 0 Å². The van der Waals surface area contributed by atoms with Gasteiger partial charge in [0.1, 0.15) is 5.58 Å². The molecule has 0 bridgehead atoms. The van der Waals surface area contributed by atoms with Gasteiger partial charge in [-0.05, 0) is 60.2 Å². The third-order valence-electron chi connectivity index (χ3n) is 5.38. The Morgan fingerprint density at radius 3 is 2.11 bits per heavy atom. The summed E-state index contributed by atoms with van der Waals surface area (Å²) in [4.78, 5) is 38.7. The minimum atomic E-state index is -0.511. The second-order valence-corrected chi connectivity index (χ2v) is 7.88. The van der Waals surface area contributed by atoms with Crippen LogP contribution in [-0.2, 0) is 19.4 Å². The molecule has 0 N–H and O–H groups in total. The van der Waals surface area contributed by atoms with E-state index in [4.69, 9.17) is 27.6 Å². The van der Waals surface area contributed by atoms with Gasteiger partial charge in [-0.25, -0.2) is 4.79 Å². The summed E-state index contributed by atoms with van der Waals surface area (Å²) >= 11 is 12.0. The molecule has 0 saturated heterocycles. The summed E-state index contributed by atoms with van der Waals surface area (Å²) in [5.74, 6) is -0.915. The smallest absolute Gasteiger partial charge is 0.336 e. The monoisotopic (exact) mass is 413 g/mol. The first-order valence-corrected chi connectivity index (χ1v) is 9.62. The molecule has 2 aliphatic rings. The molecule has 2 heterocycles. The fraction of sp³-hybridized carbons (Fsp3) is 0.190. The molecule has 5 rings (SSSR count). The van der Waals surface area contributed by atoms with E-state index in [1.165, 1.54) is 29.3 Å². The lowest BCUT2D eigenvalue weighted by Gasteiger charge is -2.15. The maximum absolute atomic E-state index is 12.8. The van der Waals surface area contributed by atoms with Crippen LogP contribution in [0.4, 0.5) is 0 Å². The van der Waals surface area contributed by atoms with Crippen molar-refractivity contribution in [2.24, 2.45) is 0 Å². The summed E-state index contributed by atoms with van der Waals surface area (Å²) in [6.07, 6.45) is 2.98. The van der Waals surface area contributed by atoms with E-state index in [1.54, 1.807) is 0 Å². The molecule has 0 atom stereocenters. The maximum atomic E-state index is 12.8. The number of fused-ring (bicyclic) bond motifs is 3. The van der Waals surface area contributed by atoms with Crippen molar-refractivity contribution in [1.82, 2.24) is 4.90 Å². The van der Waals surface area contributed by atoms with Gasteiger partial charge in [0.2, 0.25) is 0 Å². The van der Waals surface area contributed by atoms with Gasteiger partial charge in [-0.15, -0.1) is 0 Å². The van der Waals surface area contributed by atoms with Crippen molar-refractivity contribution in [2.45, 2.75) is 25.8 Å². The second kappa shape index (κ2) is 6.19. The van der Waals surface area contributed by atoms with E-state index in [0.29, 0.717) is 11.1 Å². The average molecular weight is 414 g/mol. The van der Waals surface area contributed by atoms with Crippen molar-refractivity contribution in [3.8, 4) is 0 Å². The van der Waals surface area contributed by atoms with E-state index in [1.807, 2.05) is 12.1 Å². The van der Waals surface area contributed by atoms with Crippen LogP contribution >= 0.6 is 23.2 Å². The normalized spacial score (nSPS) is 15.4. The number of aryl methyl sites for hydroxylation is 2. The quantitative estimate of drug-likeness (QED) is 0.461. The van der Waals surface area contributed by atoms with Crippen molar-refractivity contribution >= 4 is 46.0 Å². The highest BCUT2D eigenvalue weighted by Crippen LogP contribution is 2.34. The average Bonchev–Trinajstić information content (AvgIpc) is 3.19. The topological polar surface area (TPSA) is 67.6 Å². The van der Waals surface area contributed by atoms with Crippen molar-refractivity contribution in [1.29, 1.82) is 0 Å². The molecule has 2 aromatic carbocycles. The largest absolute Gasteiger partial charge is 0.423 e. The SMILES string of the molecule is O=C1c2cc(Cl)c(Cl)cc2C(=O)N1Cc1cc(=O)oc2cc3c(cc12)CCC3. The molecule has 1 aliphatic heterocycles. The predicted molar refractivity (Wildman–Crippen MR) is 105 cm³/mol. The maximum Gasteiger partial charge on any atom is 0.336 e. The van der Waals surface area contributed by atoms with Crippen LogP contribution in [0.1, 0.15) is 43.8 Å². The number of carbonyl (C=O) groups excluding carboxylic acids is 2. The Labute approximate surface area is 169 Å². The highest BCUT2D eigenvalue weighted by atomic mass is 35.5. The van der Waals surface area contributed by atoms with Crippen molar-refractivity contribution < 1.29 is 14.0 Å². The van der Waals surface area contributed by atoms with E-state index in [2.05, 4.69) is 0 Å². The summed E-state index contributed by atoms with van der Waals surface area (Å²) in [7, 11) is 0. The molecule has 1 aliphatic carbocycles. The highest BCUT2D eigenvalue weighted by Gasteiger charge is 2.36. The lowest BCUT2D eigenvalue weighted by molar-refractivity contribution is 0.0642. The summed E-state index contributed by atoms with van der Waals surface area (Å²) in [6, 6.07) is 8.05. The highest BCUT2D eigenvalue weighted by molar-refractivity contribution is 6.43. The van der Waals surface area contributed by atoms with Crippen molar-refractivity contribution in [3.05, 3.63) is 78.6 Å². The number of hydrogen-bond acceptors (Lipinski definition) is 4. The molecule has 0 radical (unpaired) electrons. The number of halogens is 2. The fourth-order valence-corrected chi connectivity index (χ4v) is 4.35. The van der Waals surface area contributed by atoms with E-state index in [9.17, 15) is 14.4 Å². The summed E-state index contributed by atoms with van der Waals surface area (Å²) in [5.41, 5.74) is 3.36. The van der Waals surface area contributed by atoms with Crippen molar-refractivity contribution in [3.63, 3.8) is 0 Å². The van der Waals surface area contributed by atoms with E-state index < -0.39 is 17.4 Å². The van der Waals surface area contributed by atoms with Crippen LogP contribution in [0.5, 0.6) is 0 Å². The molecule has 28 heavy (non-hydrogen) atoms. The molecule has 0 spiro atoms. The molecule has 1 aromatic heterocycles.